The van der Waals surface area contributed by atoms with Gasteiger partial charge in [0.25, 0.3) is 5.69 Å². The van der Waals surface area contributed by atoms with Crippen LogP contribution in [0.4, 0.5) is 10.5 Å². The molecule has 1 aliphatic rings. The van der Waals surface area contributed by atoms with Crippen molar-refractivity contribution in [2.45, 2.75) is 19.9 Å². The lowest BCUT2D eigenvalue weighted by Crippen LogP contribution is -2.45. The van der Waals surface area contributed by atoms with Gasteiger partial charge in [-0.25, -0.2) is 9.59 Å². The monoisotopic (exact) mass is 305 g/mol. The van der Waals surface area contributed by atoms with Crippen molar-refractivity contribution in [2.75, 3.05) is 6.61 Å². The Balaban J connectivity index is 2.47. The normalized spacial score (nSPS) is 17.5. The molecule has 0 radical (unpaired) electrons. The predicted octanol–water partition coefficient (Wildman–Crippen LogP) is 1.79. The standard InChI is InChI=1S/C14H15N3O5/c1-3-22-13(18)11-8(2)15-14(19)16-12(11)9-5-4-6-10(7-9)17(20)21/h4-7,12H,3H2,1-2H3,(H2,15,16,19)/t12-/m0/s1. The highest BCUT2D eigenvalue weighted by Gasteiger charge is 2.32. The molecule has 2 rings (SSSR count). The number of amides is 2. The smallest absolute Gasteiger partial charge is 0.338 e. The van der Waals surface area contributed by atoms with Crippen LogP contribution >= 0.6 is 0 Å². The molecule has 1 heterocycles. The van der Waals surface area contributed by atoms with E-state index in [1.165, 1.54) is 18.2 Å². The molecule has 0 aromatic heterocycles. The molecule has 8 nitrogen and oxygen atoms in total. The van der Waals surface area contributed by atoms with Gasteiger partial charge in [-0.2, -0.15) is 0 Å². The maximum Gasteiger partial charge on any atom is 0.338 e. The zero-order chi connectivity index (χ0) is 16.3. The summed E-state index contributed by atoms with van der Waals surface area (Å²) in [5.41, 5.74) is 0.901. The van der Waals surface area contributed by atoms with Crippen molar-refractivity contribution in [3.8, 4) is 0 Å². The number of esters is 1. The van der Waals surface area contributed by atoms with E-state index in [2.05, 4.69) is 10.6 Å². The molecule has 1 atom stereocenters. The zero-order valence-corrected chi connectivity index (χ0v) is 12.1. The number of hydrogen-bond acceptors (Lipinski definition) is 5. The molecule has 2 amide bonds. The molecule has 0 unspecified atom stereocenters. The van der Waals surface area contributed by atoms with Gasteiger partial charge in [-0.1, -0.05) is 12.1 Å². The van der Waals surface area contributed by atoms with Crippen LogP contribution in [0.1, 0.15) is 25.5 Å². The number of nitro groups is 1. The van der Waals surface area contributed by atoms with Gasteiger partial charge in [-0.3, -0.25) is 10.1 Å². The van der Waals surface area contributed by atoms with E-state index in [9.17, 15) is 19.7 Å². The number of nitrogens with zero attached hydrogens (tertiary/aromatic N) is 1. The third-order valence-corrected chi connectivity index (χ3v) is 3.18. The summed E-state index contributed by atoms with van der Waals surface area (Å²) in [6.45, 7) is 3.44. The Morgan fingerprint density at radius 1 is 1.45 bits per heavy atom. The quantitative estimate of drug-likeness (QED) is 0.500. The van der Waals surface area contributed by atoms with Gasteiger partial charge in [-0.05, 0) is 19.4 Å². The van der Waals surface area contributed by atoms with Crippen molar-refractivity contribution in [1.29, 1.82) is 0 Å². The SMILES string of the molecule is CCOC(=O)C1=C(C)NC(=O)N[C@H]1c1cccc([N+](=O)[O-])c1. The second-order valence-corrected chi connectivity index (χ2v) is 4.64. The molecular formula is C14H15N3O5. The van der Waals surface area contributed by atoms with Gasteiger partial charge < -0.3 is 15.4 Å². The summed E-state index contributed by atoms with van der Waals surface area (Å²) in [6, 6.07) is 4.49. The molecule has 1 aromatic rings. The van der Waals surface area contributed by atoms with E-state index < -0.39 is 23.0 Å². The third-order valence-electron chi connectivity index (χ3n) is 3.18. The van der Waals surface area contributed by atoms with Crippen molar-refractivity contribution < 1.29 is 19.2 Å². The van der Waals surface area contributed by atoms with Crippen LogP contribution in [0, 0.1) is 10.1 Å². The van der Waals surface area contributed by atoms with Crippen molar-refractivity contribution >= 4 is 17.7 Å². The fraction of sp³-hybridized carbons (Fsp3) is 0.286. The minimum absolute atomic E-state index is 0.119. The number of rotatable bonds is 4. The van der Waals surface area contributed by atoms with Crippen molar-refractivity contribution in [3.05, 3.63) is 51.2 Å². The largest absolute Gasteiger partial charge is 0.463 e. The number of non-ortho nitro benzene ring substituents is 1. The number of carbonyl (C=O) groups is 2. The first-order valence-electron chi connectivity index (χ1n) is 6.63. The van der Waals surface area contributed by atoms with Gasteiger partial charge in [0.15, 0.2) is 0 Å². The third kappa shape index (κ3) is 3.05. The second-order valence-electron chi connectivity index (χ2n) is 4.64. The van der Waals surface area contributed by atoms with Crippen LogP contribution in [-0.4, -0.2) is 23.5 Å². The summed E-state index contributed by atoms with van der Waals surface area (Å²) in [7, 11) is 0. The Kier molecular flexibility index (Phi) is 4.40. The fourth-order valence-electron chi connectivity index (χ4n) is 2.24. The number of nitrogens with one attached hydrogen (secondary N) is 2. The van der Waals surface area contributed by atoms with Crippen LogP contribution in [0.3, 0.4) is 0 Å². The summed E-state index contributed by atoms with van der Waals surface area (Å²) in [4.78, 5) is 34.1. The molecule has 1 aliphatic heterocycles. The number of nitro benzene ring substituents is 1. The number of urea groups is 1. The van der Waals surface area contributed by atoms with E-state index >= 15 is 0 Å². The summed E-state index contributed by atoms with van der Waals surface area (Å²) < 4.78 is 4.99. The molecule has 0 aliphatic carbocycles. The first-order valence-corrected chi connectivity index (χ1v) is 6.63. The van der Waals surface area contributed by atoms with Crippen molar-refractivity contribution in [1.82, 2.24) is 10.6 Å². The van der Waals surface area contributed by atoms with Gasteiger partial charge in [0.05, 0.1) is 23.1 Å². The zero-order valence-electron chi connectivity index (χ0n) is 12.1. The van der Waals surface area contributed by atoms with Crippen molar-refractivity contribution in [2.24, 2.45) is 0 Å². The van der Waals surface area contributed by atoms with E-state index in [-0.39, 0.29) is 17.9 Å². The molecule has 0 fully saturated rings. The summed E-state index contributed by atoms with van der Waals surface area (Å²) in [6.07, 6.45) is 0. The van der Waals surface area contributed by atoms with Gasteiger partial charge in [-0.15, -0.1) is 0 Å². The van der Waals surface area contributed by atoms with E-state index in [1.54, 1.807) is 19.9 Å². The molecule has 0 saturated heterocycles. The van der Waals surface area contributed by atoms with Crippen LogP contribution < -0.4 is 10.6 Å². The van der Waals surface area contributed by atoms with E-state index in [4.69, 9.17) is 4.74 Å². The lowest BCUT2D eigenvalue weighted by Gasteiger charge is -2.27. The average molecular weight is 305 g/mol. The highest BCUT2D eigenvalue weighted by molar-refractivity contribution is 5.95. The molecule has 22 heavy (non-hydrogen) atoms. The van der Waals surface area contributed by atoms with Crippen LogP contribution in [0.2, 0.25) is 0 Å². The molecule has 2 N–H and O–H groups in total. The Morgan fingerprint density at radius 3 is 2.82 bits per heavy atom. The summed E-state index contributed by atoms with van der Waals surface area (Å²) in [5, 5.41) is 16.0. The van der Waals surface area contributed by atoms with Crippen LogP contribution in [-0.2, 0) is 9.53 Å². The maximum atomic E-state index is 12.1. The minimum Gasteiger partial charge on any atom is -0.463 e. The second kappa shape index (κ2) is 6.25. The molecule has 8 heteroatoms. The van der Waals surface area contributed by atoms with E-state index in [1.807, 2.05) is 0 Å². The lowest BCUT2D eigenvalue weighted by molar-refractivity contribution is -0.384. The molecule has 0 saturated carbocycles. The highest BCUT2D eigenvalue weighted by Crippen LogP contribution is 2.29. The molecule has 116 valence electrons. The first-order chi connectivity index (χ1) is 10.4. The van der Waals surface area contributed by atoms with E-state index in [0.717, 1.165) is 0 Å². The highest BCUT2D eigenvalue weighted by atomic mass is 16.6. The number of allylic oxidation sites excluding steroid dienone is 1. The predicted molar refractivity (Wildman–Crippen MR) is 76.8 cm³/mol. The van der Waals surface area contributed by atoms with Crippen LogP contribution in [0.5, 0.6) is 0 Å². The average Bonchev–Trinajstić information content (AvgIpc) is 2.46. The number of benzene rings is 1. The topological polar surface area (TPSA) is 111 Å². The molecular weight excluding hydrogens is 290 g/mol. The minimum atomic E-state index is -0.798. The Bertz CT molecular complexity index is 668. The summed E-state index contributed by atoms with van der Waals surface area (Å²) >= 11 is 0. The van der Waals surface area contributed by atoms with E-state index in [0.29, 0.717) is 11.3 Å². The van der Waals surface area contributed by atoms with Crippen LogP contribution in [0.15, 0.2) is 35.5 Å². The number of ether oxygens (including phenoxy) is 1. The summed E-state index contributed by atoms with van der Waals surface area (Å²) in [5.74, 6) is -0.580. The number of carbonyl (C=O) groups excluding carboxylic acids is 2. The van der Waals surface area contributed by atoms with Gasteiger partial charge in [0.1, 0.15) is 0 Å². The maximum absolute atomic E-state index is 12.1. The fourth-order valence-corrected chi connectivity index (χ4v) is 2.24. The molecule has 1 aromatic carbocycles. The number of hydrogen-bond donors (Lipinski definition) is 2. The molecule has 0 bridgehead atoms. The Hall–Kier alpha value is -2.90. The van der Waals surface area contributed by atoms with Gasteiger partial charge in [0, 0.05) is 17.8 Å². The van der Waals surface area contributed by atoms with Crippen molar-refractivity contribution in [3.63, 3.8) is 0 Å². The van der Waals surface area contributed by atoms with Gasteiger partial charge in [0.2, 0.25) is 0 Å². The Labute approximate surface area is 126 Å². The Morgan fingerprint density at radius 2 is 2.18 bits per heavy atom. The first kappa shape index (κ1) is 15.5. The lowest BCUT2D eigenvalue weighted by atomic mass is 9.95. The van der Waals surface area contributed by atoms with Gasteiger partial charge >= 0.3 is 12.0 Å². The molecule has 0 spiro atoms. The van der Waals surface area contributed by atoms with Crippen LogP contribution in [0.25, 0.3) is 0 Å².